The zero-order chi connectivity index (χ0) is 14.0. The molecule has 0 radical (unpaired) electrons. The molecule has 0 amide bonds. The van der Waals surface area contributed by atoms with E-state index in [0.717, 1.165) is 6.07 Å². The lowest BCUT2D eigenvalue weighted by Crippen LogP contribution is -2.02. The second kappa shape index (κ2) is 5.12. The number of nitrogens with two attached hydrogens (primary N) is 1. The van der Waals surface area contributed by atoms with Gasteiger partial charge in [0.25, 0.3) is 0 Å². The van der Waals surface area contributed by atoms with Crippen LogP contribution in [0.1, 0.15) is 5.56 Å². The number of rotatable bonds is 2. The number of benzene rings is 2. The van der Waals surface area contributed by atoms with E-state index in [2.05, 4.69) is 5.32 Å². The average molecular weight is 280 g/mol. The lowest BCUT2D eigenvalue weighted by atomic mass is 10.1. The Morgan fingerprint density at radius 1 is 1.21 bits per heavy atom. The Morgan fingerprint density at radius 3 is 2.63 bits per heavy atom. The minimum absolute atomic E-state index is 0.0303. The summed E-state index contributed by atoms with van der Waals surface area (Å²) >= 11 is 5.80. The zero-order valence-corrected chi connectivity index (χ0v) is 10.3. The van der Waals surface area contributed by atoms with E-state index in [0.29, 0.717) is 5.02 Å². The van der Waals surface area contributed by atoms with Crippen molar-refractivity contribution in [2.75, 3.05) is 11.1 Å². The first-order valence-electron chi connectivity index (χ1n) is 5.23. The smallest absolute Gasteiger partial charge is 0.184 e. The Labute approximate surface area is 113 Å². The Morgan fingerprint density at radius 2 is 1.95 bits per heavy atom. The molecule has 2 aromatic rings. The molecular formula is C13H8ClF2N3. The van der Waals surface area contributed by atoms with E-state index in [-0.39, 0.29) is 22.6 Å². The van der Waals surface area contributed by atoms with Crippen molar-refractivity contribution in [3.8, 4) is 6.07 Å². The molecule has 19 heavy (non-hydrogen) atoms. The van der Waals surface area contributed by atoms with Gasteiger partial charge in [0.05, 0.1) is 16.9 Å². The predicted molar refractivity (Wildman–Crippen MR) is 70.2 cm³/mol. The number of hydrogen-bond donors (Lipinski definition) is 2. The highest BCUT2D eigenvalue weighted by molar-refractivity contribution is 6.30. The summed E-state index contributed by atoms with van der Waals surface area (Å²) in [4.78, 5) is 0. The number of anilines is 3. The molecule has 2 aromatic carbocycles. The molecule has 0 aliphatic carbocycles. The van der Waals surface area contributed by atoms with Crippen molar-refractivity contribution in [1.29, 1.82) is 5.26 Å². The SMILES string of the molecule is N#Cc1ccc(Cl)cc1Nc1c(N)ccc(F)c1F. The third kappa shape index (κ3) is 2.59. The number of hydrogen-bond acceptors (Lipinski definition) is 3. The van der Waals surface area contributed by atoms with E-state index in [1.807, 2.05) is 6.07 Å². The van der Waals surface area contributed by atoms with Crippen molar-refractivity contribution in [2.24, 2.45) is 0 Å². The fraction of sp³-hybridized carbons (Fsp3) is 0. The quantitative estimate of drug-likeness (QED) is 0.822. The van der Waals surface area contributed by atoms with Gasteiger partial charge in [0.2, 0.25) is 0 Å². The van der Waals surface area contributed by atoms with Crippen LogP contribution >= 0.6 is 11.6 Å². The van der Waals surface area contributed by atoms with Crippen molar-refractivity contribution in [2.45, 2.75) is 0 Å². The Hall–Kier alpha value is -2.32. The summed E-state index contributed by atoms with van der Waals surface area (Å²) in [6.45, 7) is 0. The lowest BCUT2D eigenvalue weighted by molar-refractivity contribution is 0.512. The van der Waals surface area contributed by atoms with Gasteiger partial charge in [0.15, 0.2) is 11.6 Å². The Balaban J connectivity index is 2.51. The van der Waals surface area contributed by atoms with Gasteiger partial charge < -0.3 is 11.1 Å². The number of nitrogens with zero attached hydrogens (tertiary/aromatic N) is 1. The van der Waals surface area contributed by atoms with E-state index < -0.39 is 11.6 Å². The molecule has 0 spiro atoms. The van der Waals surface area contributed by atoms with Gasteiger partial charge in [-0.1, -0.05) is 11.6 Å². The van der Waals surface area contributed by atoms with Gasteiger partial charge in [-0.15, -0.1) is 0 Å². The van der Waals surface area contributed by atoms with Crippen LogP contribution in [0.3, 0.4) is 0 Å². The molecule has 0 unspecified atom stereocenters. The molecule has 96 valence electrons. The van der Waals surface area contributed by atoms with Gasteiger partial charge in [-0.3, -0.25) is 0 Å². The van der Waals surface area contributed by atoms with Crippen molar-refractivity contribution in [3.63, 3.8) is 0 Å². The number of nitriles is 1. The lowest BCUT2D eigenvalue weighted by Gasteiger charge is -2.12. The molecule has 0 heterocycles. The highest BCUT2D eigenvalue weighted by Gasteiger charge is 2.13. The topological polar surface area (TPSA) is 61.8 Å². The molecule has 0 saturated heterocycles. The minimum Gasteiger partial charge on any atom is -0.397 e. The highest BCUT2D eigenvalue weighted by Crippen LogP contribution is 2.30. The van der Waals surface area contributed by atoms with Crippen LogP contribution < -0.4 is 11.1 Å². The van der Waals surface area contributed by atoms with Crippen molar-refractivity contribution in [1.82, 2.24) is 0 Å². The molecule has 3 nitrogen and oxygen atoms in total. The van der Waals surface area contributed by atoms with Gasteiger partial charge >= 0.3 is 0 Å². The summed E-state index contributed by atoms with van der Waals surface area (Å²) in [6, 6.07) is 8.51. The maximum atomic E-state index is 13.7. The van der Waals surface area contributed by atoms with Gasteiger partial charge in [0.1, 0.15) is 11.8 Å². The van der Waals surface area contributed by atoms with Gasteiger partial charge in [-0.05, 0) is 30.3 Å². The highest BCUT2D eigenvalue weighted by atomic mass is 35.5. The van der Waals surface area contributed by atoms with Gasteiger partial charge in [0, 0.05) is 5.02 Å². The first kappa shape index (κ1) is 13.1. The van der Waals surface area contributed by atoms with Crippen LogP contribution in [-0.4, -0.2) is 0 Å². The fourth-order valence-corrected chi connectivity index (χ4v) is 1.72. The van der Waals surface area contributed by atoms with Crippen LogP contribution in [0, 0.1) is 23.0 Å². The monoisotopic (exact) mass is 279 g/mol. The molecule has 6 heteroatoms. The average Bonchev–Trinajstić information content (AvgIpc) is 2.39. The molecule has 0 atom stereocenters. The van der Waals surface area contributed by atoms with Crippen LogP contribution in [0.5, 0.6) is 0 Å². The first-order valence-corrected chi connectivity index (χ1v) is 5.61. The summed E-state index contributed by atoms with van der Waals surface area (Å²) in [6.07, 6.45) is 0. The third-order valence-electron chi connectivity index (χ3n) is 2.49. The second-order valence-electron chi connectivity index (χ2n) is 3.75. The molecule has 0 aromatic heterocycles. The molecule has 0 aliphatic heterocycles. The summed E-state index contributed by atoms with van der Waals surface area (Å²) in [5, 5.41) is 11.9. The van der Waals surface area contributed by atoms with E-state index >= 15 is 0 Å². The number of nitrogens with one attached hydrogen (secondary N) is 1. The van der Waals surface area contributed by atoms with Gasteiger partial charge in [-0.2, -0.15) is 5.26 Å². The summed E-state index contributed by atoms with van der Waals surface area (Å²) in [5.74, 6) is -2.14. The minimum atomic E-state index is -1.11. The summed E-state index contributed by atoms with van der Waals surface area (Å²) < 4.78 is 26.8. The van der Waals surface area contributed by atoms with Crippen molar-refractivity contribution in [3.05, 3.63) is 52.6 Å². The van der Waals surface area contributed by atoms with E-state index in [1.165, 1.54) is 24.3 Å². The molecule has 0 saturated carbocycles. The predicted octanol–water partition coefficient (Wildman–Crippen LogP) is 3.82. The van der Waals surface area contributed by atoms with Crippen LogP contribution in [0.25, 0.3) is 0 Å². The number of halogens is 3. The van der Waals surface area contributed by atoms with E-state index in [1.54, 1.807) is 0 Å². The second-order valence-corrected chi connectivity index (χ2v) is 4.19. The fourth-order valence-electron chi connectivity index (χ4n) is 1.54. The summed E-state index contributed by atoms with van der Waals surface area (Å²) in [5.41, 5.74) is 5.89. The maximum Gasteiger partial charge on any atom is 0.184 e. The molecule has 2 rings (SSSR count). The van der Waals surface area contributed by atoms with Crippen LogP contribution in [0.4, 0.5) is 25.8 Å². The van der Waals surface area contributed by atoms with Crippen molar-refractivity contribution >= 4 is 28.7 Å². The first-order chi connectivity index (χ1) is 9.02. The van der Waals surface area contributed by atoms with Crippen LogP contribution in [0.15, 0.2) is 30.3 Å². The Kier molecular flexibility index (Phi) is 3.54. The third-order valence-corrected chi connectivity index (χ3v) is 2.72. The van der Waals surface area contributed by atoms with E-state index in [4.69, 9.17) is 22.6 Å². The molecule has 0 aliphatic rings. The standard InChI is InChI=1S/C13H8ClF2N3/c14-8-2-1-7(6-17)11(5-8)19-13-10(18)4-3-9(15)12(13)16/h1-5,19H,18H2. The molecule has 0 bridgehead atoms. The maximum absolute atomic E-state index is 13.7. The molecule has 0 fully saturated rings. The zero-order valence-electron chi connectivity index (χ0n) is 9.55. The largest absolute Gasteiger partial charge is 0.397 e. The number of nitrogen functional groups attached to an aromatic ring is 1. The molecular weight excluding hydrogens is 272 g/mol. The molecule has 3 N–H and O–H groups in total. The van der Waals surface area contributed by atoms with Crippen LogP contribution in [-0.2, 0) is 0 Å². The normalized spacial score (nSPS) is 10.0. The summed E-state index contributed by atoms with van der Waals surface area (Å²) in [7, 11) is 0. The van der Waals surface area contributed by atoms with Gasteiger partial charge in [-0.25, -0.2) is 8.78 Å². The van der Waals surface area contributed by atoms with Crippen molar-refractivity contribution < 1.29 is 8.78 Å². The Bertz CT molecular complexity index is 680. The van der Waals surface area contributed by atoms with Crippen LogP contribution in [0.2, 0.25) is 5.02 Å². The van der Waals surface area contributed by atoms with E-state index in [9.17, 15) is 8.78 Å².